The van der Waals surface area contributed by atoms with E-state index in [2.05, 4.69) is 10.3 Å². The van der Waals surface area contributed by atoms with Gasteiger partial charge in [-0.05, 0) is 31.5 Å². The molecule has 9 nitrogen and oxygen atoms in total. The number of nitrogens with zero attached hydrogens (tertiary/aromatic N) is 2. The molecular formula is C18H21N3O6S2. The molecule has 0 bridgehead atoms. The SMILES string of the molecule is CCOC(=O)c1csc(NC(=O)c2ccc(C)c(S(=O)(=O)N3CCOCC3)c2)n1. The van der Waals surface area contributed by atoms with Crippen LogP contribution in [0.15, 0.2) is 28.5 Å². The van der Waals surface area contributed by atoms with Gasteiger partial charge in [0.25, 0.3) is 5.91 Å². The first kappa shape index (κ1) is 21.4. The van der Waals surface area contributed by atoms with E-state index in [9.17, 15) is 18.0 Å². The number of morpholine rings is 1. The molecule has 1 saturated heterocycles. The van der Waals surface area contributed by atoms with Crippen molar-refractivity contribution in [3.63, 3.8) is 0 Å². The number of ether oxygens (including phenoxy) is 2. The van der Waals surface area contributed by atoms with E-state index >= 15 is 0 Å². The number of carbonyl (C=O) groups excluding carboxylic acids is 2. The highest BCUT2D eigenvalue weighted by atomic mass is 32.2. The zero-order valence-electron chi connectivity index (χ0n) is 16.0. The Hall–Kier alpha value is -2.34. The van der Waals surface area contributed by atoms with Crippen molar-refractivity contribution in [3.05, 3.63) is 40.4 Å². The summed E-state index contributed by atoms with van der Waals surface area (Å²) in [4.78, 5) is 28.4. The molecule has 0 aliphatic carbocycles. The lowest BCUT2D eigenvalue weighted by atomic mass is 10.1. The predicted molar refractivity (Wildman–Crippen MR) is 107 cm³/mol. The van der Waals surface area contributed by atoms with Crippen LogP contribution in [0.3, 0.4) is 0 Å². The van der Waals surface area contributed by atoms with Crippen molar-refractivity contribution >= 4 is 38.4 Å². The van der Waals surface area contributed by atoms with E-state index in [4.69, 9.17) is 9.47 Å². The molecule has 1 fully saturated rings. The van der Waals surface area contributed by atoms with E-state index in [0.29, 0.717) is 18.8 Å². The minimum Gasteiger partial charge on any atom is -0.461 e. The van der Waals surface area contributed by atoms with Crippen LogP contribution in [0.2, 0.25) is 0 Å². The molecule has 1 aromatic carbocycles. The van der Waals surface area contributed by atoms with Gasteiger partial charge in [-0.1, -0.05) is 6.07 Å². The number of anilines is 1. The fourth-order valence-corrected chi connectivity index (χ4v) is 5.08. The van der Waals surface area contributed by atoms with E-state index in [1.807, 2.05) is 0 Å². The molecule has 0 atom stereocenters. The first-order valence-corrected chi connectivity index (χ1v) is 11.3. The van der Waals surface area contributed by atoms with E-state index < -0.39 is 21.9 Å². The Morgan fingerprint density at radius 1 is 1.31 bits per heavy atom. The Labute approximate surface area is 172 Å². The van der Waals surface area contributed by atoms with Gasteiger partial charge >= 0.3 is 5.97 Å². The zero-order valence-corrected chi connectivity index (χ0v) is 17.6. The summed E-state index contributed by atoms with van der Waals surface area (Å²) < 4.78 is 37.4. The number of carbonyl (C=O) groups is 2. The normalized spacial score (nSPS) is 15.1. The summed E-state index contributed by atoms with van der Waals surface area (Å²) in [5, 5.41) is 4.29. The number of rotatable bonds is 6. The topological polar surface area (TPSA) is 115 Å². The van der Waals surface area contributed by atoms with Gasteiger partial charge in [-0.3, -0.25) is 10.1 Å². The van der Waals surface area contributed by atoms with Crippen LogP contribution in [0, 0.1) is 6.92 Å². The third-order valence-corrected chi connectivity index (χ3v) is 7.05. The third-order valence-electron chi connectivity index (χ3n) is 4.25. The van der Waals surface area contributed by atoms with Crippen LogP contribution >= 0.6 is 11.3 Å². The van der Waals surface area contributed by atoms with Crippen LogP contribution in [0.5, 0.6) is 0 Å². The summed E-state index contributed by atoms with van der Waals surface area (Å²) in [6, 6.07) is 4.49. The third kappa shape index (κ3) is 4.81. The maximum Gasteiger partial charge on any atom is 0.357 e. The number of aryl methyl sites for hydroxylation is 1. The number of amides is 1. The van der Waals surface area contributed by atoms with Crippen LogP contribution in [0.1, 0.15) is 33.3 Å². The average molecular weight is 440 g/mol. The summed E-state index contributed by atoms with van der Waals surface area (Å²) in [5.74, 6) is -1.09. The molecule has 1 aliphatic heterocycles. The molecule has 3 rings (SSSR count). The number of nitrogens with one attached hydrogen (secondary N) is 1. The van der Waals surface area contributed by atoms with Gasteiger partial charge in [0.1, 0.15) is 0 Å². The first-order valence-electron chi connectivity index (χ1n) is 8.95. The second-order valence-electron chi connectivity index (χ2n) is 6.21. The van der Waals surface area contributed by atoms with Gasteiger partial charge in [-0.25, -0.2) is 18.2 Å². The molecule has 0 saturated carbocycles. The molecule has 11 heteroatoms. The van der Waals surface area contributed by atoms with Crippen molar-refractivity contribution < 1.29 is 27.5 Å². The van der Waals surface area contributed by atoms with E-state index in [1.54, 1.807) is 26.0 Å². The van der Waals surface area contributed by atoms with Crippen molar-refractivity contribution in [1.82, 2.24) is 9.29 Å². The van der Waals surface area contributed by atoms with Gasteiger partial charge in [0.2, 0.25) is 10.0 Å². The maximum atomic E-state index is 13.0. The van der Waals surface area contributed by atoms with Gasteiger partial charge < -0.3 is 9.47 Å². The average Bonchev–Trinajstić information content (AvgIpc) is 3.17. The monoisotopic (exact) mass is 439 g/mol. The molecule has 2 aromatic rings. The molecule has 1 N–H and O–H groups in total. The number of benzene rings is 1. The second kappa shape index (κ2) is 8.99. The number of hydrogen-bond acceptors (Lipinski definition) is 8. The fourth-order valence-electron chi connectivity index (χ4n) is 2.74. The van der Waals surface area contributed by atoms with Crippen LogP contribution in [0.4, 0.5) is 5.13 Å². The lowest BCUT2D eigenvalue weighted by Crippen LogP contribution is -2.40. The fraction of sp³-hybridized carbons (Fsp3) is 0.389. The quantitative estimate of drug-likeness (QED) is 0.684. The number of thiazole rings is 1. The van der Waals surface area contributed by atoms with Crippen LogP contribution in [0.25, 0.3) is 0 Å². The summed E-state index contributed by atoms with van der Waals surface area (Å²) in [6.45, 7) is 4.81. The number of aromatic nitrogens is 1. The van der Waals surface area contributed by atoms with Crippen molar-refractivity contribution in [1.29, 1.82) is 0 Å². The Kier molecular flexibility index (Phi) is 6.63. The first-order chi connectivity index (χ1) is 13.8. The standard InChI is InChI=1S/C18H21N3O6S2/c1-3-27-17(23)14-11-28-18(19-14)20-16(22)13-5-4-12(2)15(10-13)29(24,25)21-6-8-26-9-7-21/h4-5,10-11H,3,6-9H2,1-2H3,(H,19,20,22). The van der Waals surface area contributed by atoms with Crippen LogP contribution < -0.4 is 5.32 Å². The summed E-state index contributed by atoms with van der Waals surface area (Å²) >= 11 is 1.08. The number of sulfonamides is 1. The second-order valence-corrected chi connectivity index (χ2v) is 8.97. The highest BCUT2D eigenvalue weighted by Crippen LogP contribution is 2.23. The molecule has 0 unspecified atom stereocenters. The Morgan fingerprint density at radius 2 is 2.03 bits per heavy atom. The van der Waals surface area contributed by atoms with Gasteiger partial charge in [-0.2, -0.15) is 4.31 Å². The maximum absolute atomic E-state index is 13.0. The van der Waals surface area contributed by atoms with Crippen molar-refractivity contribution in [3.8, 4) is 0 Å². The van der Waals surface area contributed by atoms with Crippen LogP contribution in [-0.4, -0.2) is 62.5 Å². The zero-order chi connectivity index (χ0) is 21.0. The predicted octanol–water partition coefficient (Wildman–Crippen LogP) is 1.90. The molecule has 0 spiro atoms. The molecule has 2 heterocycles. The molecule has 156 valence electrons. The smallest absolute Gasteiger partial charge is 0.357 e. The summed E-state index contributed by atoms with van der Waals surface area (Å²) in [7, 11) is -3.74. The van der Waals surface area contributed by atoms with Gasteiger partial charge in [-0.15, -0.1) is 11.3 Å². The lowest BCUT2D eigenvalue weighted by Gasteiger charge is -2.26. The van der Waals surface area contributed by atoms with Crippen molar-refractivity contribution in [2.45, 2.75) is 18.7 Å². The highest BCUT2D eigenvalue weighted by Gasteiger charge is 2.28. The van der Waals surface area contributed by atoms with E-state index in [-0.39, 0.29) is 41.0 Å². The summed E-state index contributed by atoms with van der Waals surface area (Å²) in [6.07, 6.45) is 0. The number of hydrogen-bond donors (Lipinski definition) is 1. The summed E-state index contributed by atoms with van der Waals surface area (Å²) in [5.41, 5.74) is 0.828. The molecule has 1 aromatic heterocycles. The molecule has 1 amide bonds. The molecule has 29 heavy (non-hydrogen) atoms. The molecule has 0 radical (unpaired) electrons. The lowest BCUT2D eigenvalue weighted by molar-refractivity contribution is 0.0520. The number of esters is 1. The van der Waals surface area contributed by atoms with E-state index in [1.165, 1.54) is 15.8 Å². The minimum absolute atomic E-state index is 0.0819. The molecule has 1 aliphatic rings. The Bertz CT molecular complexity index is 1010. The highest BCUT2D eigenvalue weighted by molar-refractivity contribution is 7.89. The van der Waals surface area contributed by atoms with Gasteiger partial charge in [0.15, 0.2) is 10.8 Å². The van der Waals surface area contributed by atoms with E-state index in [0.717, 1.165) is 11.3 Å². The van der Waals surface area contributed by atoms with Crippen molar-refractivity contribution in [2.75, 3.05) is 38.2 Å². The van der Waals surface area contributed by atoms with Gasteiger partial charge in [0.05, 0.1) is 24.7 Å². The van der Waals surface area contributed by atoms with Gasteiger partial charge in [0, 0.05) is 24.0 Å². The Balaban J connectivity index is 1.80. The van der Waals surface area contributed by atoms with Crippen molar-refractivity contribution in [2.24, 2.45) is 0 Å². The molecular weight excluding hydrogens is 418 g/mol. The Morgan fingerprint density at radius 3 is 2.72 bits per heavy atom. The largest absolute Gasteiger partial charge is 0.461 e. The van der Waals surface area contributed by atoms with Crippen LogP contribution in [-0.2, 0) is 19.5 Å². The minimum atomic E-state index is -3.74.